The fourth-order valence-corrected chi connectivity index (χ4v) is 11.7. The molecule has 0 bridgehead atoms. The summed E-state index contributed by atoms with van der Waals surface area (Å²) < 4.78 is 6.25. The van der Waals surface area contributed by atoms with E-state index in [1.165, 1.54) is 120 Å². The van der Waals surface area contributed by atoms with Gasteiger partial charge in [-0.05, 0) is 110 Å². The standard InChI is InChI=1S/C50H47B14NO/c51-37-31(39(53)41(55)35-33(37)43(57)47(61)49(63)45(35)59)22-7-4-10-25(17-22)65(24-9-3-6-20(16-24)21-14-15-30-28(19-21)27-12-1-2-13-29(27)66-30)26-11-5-8-23(18-26)32-38(52)34-36(42(56)40(32)54)46(60)50(64)48(62)44(34)58/h1-19H,51-64H2. The van der Waals surface area contributed by atoms with Crippen molar-refractivity contribution < 1.29 is 4.42 Å². The minimum Gasteiger partial charge on any atom is -0.456 e. The third kappa shape index (κ3) is 6.68. The highest BCUT2D eigenvalue weighted by Crippen LogP contribution is 2.40. The predicted molar refractivity (Wildman–Crippen MR) is 334 cm³/mol. The van der Waals surface area contributed by atoms with Crippen molar-refractivity contribution in [1.29, 1.82) is 0 Å². The molecule has 0 aliphatic carbocycles. The van der Waals surface area contributed by atoms with Crippen molar-refractivity contribution >= 4 is 247 Å². The molecule has 16 heteroatoms. The first kappa shape index (κ1) is 43.9. The van der Waals surface area contributed by atoms with Gasteiger partial charge in [0.15, 0.2) is 0 Å². The van der Waals surface area contributed by atoms with Crippen LogP contribution in [0, 0.1) is 0 Å². The number of rotatable bonds is 6. The van der Waals surface area contributed by atoms with E-state index >= 15 is 0 Å². The third-order valence-electron chi connectivity index (χ3n) is 16.1. The van der Waals surface area contributed by atoms with Crippen LogP contribution in [0.4, 0.5) is 17.1 Å². The van der Waals surface area contributed by atoms with Crippen LogP contribution in [0.15, 0.2) is 120 Å². The summed E-state index contributed by atoms with van der Waals surface area (Å²) in [6.07, 6.45) is 0. The highest BCUT2D eigenvalue weighted by atomic mass is 16.3. The van der Waals surface area contributed by atoms with Crippen LogP contribution in [0.25, 0.3) is 76.9 Å². The van der Waals surface area contributed by atoms with Crippen LogP contribution in [0.3, 0.4) is 0 Å². The van der Waals surface area contributed by atoms with Crippen molar-refractivity contribution in [2.24, 2.45) is 0 Å². The van der Waals surface area contributed by atoms with E-state index < -0.39 is 0 Å². The monoisotopic (exact) mass is 831 g/mol. The molecule has 0 saturated heterocycles. The van der Waals surface area contributed by atoms with Gasteiger partial charge in [-0.15, -0.1) is 21.9 Å². The number of nitrogens with zero attached hydrogens (tertiary/aromatic N) is 1. The Labute approximate surface area is 402 Å². The maximum absolute atomic E-state index is 6.25. The molecule has 0 spiro atoms. The molecule has 9 aromatic carbocycles. The molecule has 0 radical (unpaired) electrons. The molecule has 0 aliphatic heterocycles. The number of hydrogen-bond donors (Lipinski definition) is 0. The van der Waals surface area contributed by atoms with Gasteiger partial charge in [0.05, 0.1) is 0 Å². The quantitative estimate of drug-likeness (QED) is 0.155. The van der Waals surface area contributed by atoms with E-state index in [-0.39, 0.29) is 0 Å². The Morgan fingerprint density at radius 3 is 1.11 bits per heavy atom. The lowest BCUT2D eigenvalue weighted by Crippen LogP contribution is -2.52. The normalized spacial score (nSPS) is 11.6. The fraction of sp³-hybridized carbons (Fsp3) is 0. The van der Waals surface area contributed by atoms with Crippen LogP contribution < -0.4 is 81.4 Å². The van der Waals surface area contributed by atoms with E-state index in [1.54, 1.807) is 0 Å². The lowest BCUT2D eigenvalue weighted by molar-refractivity contribution is 0.669. The van der Waals surface area contributed by atoms with Crippen LogP contribution >= 0.6 is 0 Å². The van der Waals surface area contributed by atoms with Gasteiger partial charge in [0.1, 0.15) is 121 Å². The zero-order chi connectivity index (χ0) is 46.6. The largest absolute Gasteiger partial charge is 0.456 e. The molecule has 0 amide bonds. The first-order valence-corrected chi connectivity index (χ1v) is 23.6. The average Bonchev–Trinajstić information content (AvgIpc) is 3.70. The molecule has 0 saturated carbocycles. The Bertz CT molecular complexity index is 3570. The number of benzene rings is 9. The predicted octanol–water partition coefficient (Wildman–Crippen LogP) is -10.0. The number of para-hydroxylation sites is 1. The van der Waals surface area contributed by atoms with Gasteiger partial charge in [0.25, 0.3) is 0 Å². The Morgan fingerprint density at radius 2 is 0.636 bits per heavy atom. The molecule has 0 aliphatic rings. The van der Waals surface area contributed by atoms with Gasteiger partial charge in [-0.25, -0.2) is 0 Å². The molecule has 0 fully saturated rings. The second kappa shape index (κ2) is 16.4. The highest BCUT2D eigenvalue weighted by molar-refractivity contribution is 6.73. The van der Waals surface area contributed by atoms with Crippen molar-refractivity contribution in [3.63, 3.8) is 0 Å². The molecule has 10 rings (SSSR count). The Morgan fingerprint density at radius 1 is 0.273 bits per heavy atom. The molecule has 1 heterocycles. The van der Waals surface area contributed by atoms with Crippen molar-refractivity contribution in [3.8, 4) is 33.4 Å². The van der Waals surface area contributed by atoms with Crippen LogP contribution in [-0.2, 0) is 0 Å². The summed E-state index contributed by atoms with van der Waals surface area (Å²) in [7, 11) is 32.3. The summed E-state index contributed by atoms with van der Waals surface area (Å²) in [5.74, 6) is 0. The number of furan rings is 1. The minimum absolute atomic E-state index is 0.904. The van der Waals surface area contributed by atoms with Crippen molar-refractivity contribution in [3.05, 3.63) is 115 Å². The number of fused-ring (bicyclic) bond motifs is 5. The Hall–Kier alpha value is -5.99. The summed E-state index contributed by atoms with van der Waals surface area (Å²) in [4.78, 5) is 2.46. The van der Waals surface area contributed by atoms with Crippen LogP contribution in [0.1, 0.15) is 0 Å². The summed E-state index contributed by atoms with van der Waals surface area (Å²) in [5, 5.41) is 7.87. The lowest BCUT2D eigenvalue weighted by Gasteiger charge is -2.29. The van der Waals surface area contributed by atoms with E-state index in [2.05, 4.69) is 224 Å². The molecular formula is C50H47B14NO. The van der Waals surface area contributed by atoms with Gasteiger partial charge in [0.2, 0.25) is 0 Å². The second-order valence-electron chi connectivity index (χ2n) is 19.3. The highest BCUT2D eigenvalue weighted by Gasteiger charge is 2.23. The van der Waals surface area contributed by atoms with E-state index in [9.17, 15) is 0 Å². The maximum atomic E-state index is 6.25. The SMILES string of the molecule is Bc1c(B)c(B)c2c(B)c(-c3cccc(N(c4cccc(-c5ccc6oc7ccccc7c6c5)c4)c4cccc(-c5c(B)c(B)c6c(B)c(B)c(B)c(B)c6c5B)c4)c3)c(B)c(B)c2c1B. The van der Waals surface area contributed by atoms with Crippen molar-refractivity contribution in [2.45, 2.75) is 0 Å². The molecule has 10 aromatic rings. The van der Waals surface area contributed by atoms with Crippen molar-refractivity contribution in [2.75, 3.05) is 4.90 Å². The van der Waals surface area contributed by atoms with Gasteiger partial charge in [-0.2, -0.15) is 0 Å². The summed E-state index contributed by atoms with van der Waals surface area (Å²) in [6.45, 7) is 0. The summed E-state index contributed by atoms with van der Waals surface area (Å²) in [5.41, 5.74) is 31.8. The molecule has 0 atom stereocenters. The molecule has 2 nitrogen and oxygen atoms in total. The van der Waals surface area contributed by atoms with Gasteiger partial charge < -0.3 is 9.32 Å². The zero-order valence-electron chi connectivity index (χ0n) is 41.3. The maximum Gasteiger partial charge on any atom is 0.140 e. The fourth-order valence-electron chi connectivity index (χ4n) is 11.7. The van der Waals surface area contributed by atoms with E-state index in [0.717, 1.165) is 50.1 Å². The van der Waals surface area contributed by atoms with Gasteiger partial charge >= 0.3 is 0 Å². The minimum atomic E-state index is 0.904. The van der Waals surface area contributed by atoms with Crippen molar-refractivity contribution in [1.82, 2.24) is 0 Å². The summed E-state index contributed by atoms with van der Waals surface area (Å²) >= 11 is 0. The Kier molecular flexibility index (Phi) is 10.9. The summed E-state index contributed by atoms with van der Waals surface area (Å²) in [6, 6.07) is 42.5. The topological polar surface area (TPSA) is 16.4 Å². The van der Waals surface area contributed by atoms with E-state index in [0.29, 0.717) is 0 Å². The van der Waals surface area contributed by atoms with E-state index in [4.69, 9.17) is 4.42 Å². The Balaban J connectivity index is 1.20. The molecule has 1 aromatic heterocycles. The second-order valence-corrected chi connectivity index (χ2v) is 19.3. The number of hydrogen-bond acceptors (Lipinski definition) is 2. The zero-order valence-corrected chi connectivity index (χ0v) is 41.3. The smallest absolute Gasteiger partial charge is 0.140 e. The third-order valence-corrected chi connectivity index (χ3v) is 16.1. The first-order valence-electron chi connectivity index (χ1n) is 23.6. The lowest BCUT2D eigenvalue weighted by atomic mass is 9.58. The number of anilines is 3. The molecular weight excluding hydrogens is 782 g/mol. The average molecular weight is 829 g/mol. The van der Waals surface area contributed by atoms with Crippen LogP contribution in [-0.4, -0.2) is 110 Å². The van der Waals surface area contributed by atoms with Gasteiger partial charge in [-0.1, -0.05) is 115 Å². The van der Waals surface area contributed by atoms with Gasteiger partial charge in [-0.3, -0.25) is 0 Å². The molecule has 66 heavy (non-hydrogen) atoms. The van der Waals surface area contributed by atoms with Gasteiger partial charge in [0, 0.05) is 27.8 Å². The molecule has 300 valence electrons. The molecule has 0 unspecified atom stereocenters. The van der Waals surface area contributed by atoms with Crippen LogP contribution in [0.2, 0.25) is 0 Å². The first-order chi connectivity index (χ1) is 31.6. The molecule has 0 N–H and O–H groups in total. The van der Waals surface area contributed by atoms with E-state index in [1.807, 2.05) is 6.07 Å². The van der Waals surface area contributed by atoms with Crippen LogP contribution in [0.5, 0.6) is 0 Å².